The molecule has 0 aliphatic carbocycles. The van der Waals surface area contributed by atoms with Crippen LogP contribution in [-0.2, 0) is 4.79 Å². The van der Waals surface area contributed by atoms with E-state index in [0.29, 0.717) is 50.6 Å². The first-order valence-corrected chi connectivity index (χ1v) is 13.8. The summed E-state index contributed by atoms with van der Waals surface area (Å²) in [5, 5.41) is 9.97. The standard InChI is InChI=1S/C30H27ClN4O4S/c1-17-25(28(36)33-19-12-8-5-9-13-19)26(18-10-6-4-7-11-18)27-22(16-40-29(27)32-17)35-30(37)34-21-15-23(38-2)20(31)14-24(21)39-3/h4-15,26H,16H2,1-3H3,(H,33,36)(H2,34,35,37). The van der Waals surface area contributed by atoms with Crippen LogP contribution in [0.1, 0.15) is 18.4 Å². The van der Waals surface area contributed by atoms with E-state index in [4.69, 9.17) is 26.1 Å². The van der Waals surface area contributed by atoms with E-state index in [1.165, 1.54) is 26.0 Å². The van der Waals surface area contributed by atoms with Gasteiger partial charge in [0.1, 0.15) is 16.5 Å². The molecule has 3 aromatic rings. The smallest absolute Gasteiger partial charge is 0.323 e. The summed E-state index contributed by atoms with van der Waals surface area (Å²) >= 11 is 7.74. The molecule has 5 rings (SSSR count). The van der Waals surface area contributed by atoms with E-state index in [0.717, 1.165) is 16.2 Å². The van der Waals surface area contributed by atoms with Gasteiger partial charge in [-0.1, -0.05) is 71.9 Å². The number of anilines is 2. The number of nitrogens with zero attached hydrogens (tertiary/aromatic N) is 1. The van der Waals surface area contributed by atoms with Crippen molar-refractivity contribution in [1.82, 2.24) is 5.32 Å². The number of nitrogens with one attached hydrogen (secondary N) is 3. The summed E-state index contributed by atoms with van der Waals surface area (Å²) in [5.41, 5.74) is 4.65. The highest BCUT2D eigenvalue weighted by Gasteiger charge is 2.39. The van der Waals surface area contributed by atoms with Crippen LogP contribution in [-0.4, -0.2) is 37.0 Å². The highest BCUT2D eigenvalue weighted by Crippen LogP contribution is 2.46. The molecule has 1 unspecified atom stereocenters. The molecular formula is C30H27ClN4O4S. The lowest BCUT2D eigenvalue weighted by Crippen LogP contribution is -2.32. The van der Waals surface area contributed by atoms with Gasteiger partial charge in [-0.15, -0.1) is 0 Å². The minimum absolute atomic E-state index is 0.244. The zero-order chi connectivity index (χ0) is 28.2. The number of allylic oxidation sites excluding steroid dienone is 1. The summed E-state index contributed by atoms with van der Waals surface area (Å²) in [4.78, 5) is 31.7. The lowest BCUT2D eigenvalue weighted by atomic mass is 9.81. The fourth-order valence-corrected chi connectivity index (χ4v) is 6.06. The summed E-state index contributed by atoms with van der Waals surface area (Å²) in [7, 11) is 2.99. The number of ether oxygens (including phenoxy) is 2. The molecular weight excluding hydrogens is 548 g/mol. The molecule has 0 bridgehead atoms. The number of thioether (sulfide) groups is 1. The number of para-hydroxylation sites is 1. The lowest BCUT2D eigenvalue weighted by molar-refractivity contribution is -0.113. The number of hydrogen-bond donors (Lipinski definition) is 3. The number of hydrogen-bond acceptors (Lipinski definition) is 6. The van der Waals surface area contributed by atoms with Crippen LogP contribution in [0.25, 0.3) is 0 Å². The third-order valence-corrected chi connectivity index (χ3v) is 7.85. The van der Waals surface area contributed by atoms with Gasteiger partial charge in [-0.25, -0.2) is 9.79 Å². The zero-order valence-corrected chi connectivity index (χ0v) is 23.7. The molecule has 0 radical (unpaired) electrons. The van der Waals surface area contributed by atoms with Gasteiger partial charge in [0.05, 0.1) is 30.5 Å². The molecule has 204 valence electrons. The molecule has 10 heteroatoms. The first kappa shape index (κ1) is 27.4. The number of methoxy groups -OCH3 is 2. The molecule has 3 N–H and O–H groups in total. The number of rotatable bonds is 7. The average Bonchev–Trinajstić information content (AvgIpc) is 3.35. The van der Waals surface area contributed by atoms with Crippen molar-refractivity contribution in [3.63, 3.8) is 0 Å². The topological polar surface area (TPSA) is 101 Å². The number of halogens is 1. The second-order valence-electron chi connectivity index (χ2n) is 9.03. The highest BCUT2D eigenvalue weighted by molar-refractivity contribution is 8.15. The predicted molar refractivity (Wildman–Crippen MR) is 161 cm³/mol. The number of benzene rings is 3. The Morgan fingerprint density at radius 2 is 1.60 bits per heavy atom. The van der Waals surface area contributed by atoms with Crippen LogP contribution in [0.2, 0.25) is 5.02 Å². The van der Waals surface area contributed by atoms with Crippen LogP contribution >= 0.6 is 23.4 Å². The second kappa shape index (κ2) is 11.9. The van der Waals surface area contributed by atoms with Gasteiger partial charge in [0.2, 0.25) is 0 Å². The summed E-state index contributed by atoms with van der Waals surface area (Å²) in [6, 6.07) is 21.8. The Balaban J connectivity index is 1.50. The maximum Gasteiger partial charge on any atom is 0.323 e. The van der Waals surface area contributed by atoms with Crippen molar-refractivity contribution < 1.29 is 19.1 Å². The quantitative estimate of drug-likeness (QED) is 0.295. The van der Waals surface area contributed by atoms with E-state index in [2.05, 4.69) is 16.0 Å². The van der Waals surface area contributed by atoms with Crippen molar-refractivity contribution in [3.05, 3.63) is 106 Å². The molecule has 40 heavy (non-hydrogen) atoms. The summed E-state index contributed by atoms with van der Waals surface area (Å²) in [6.07, 6.45) is 0. The maximum absolute atomic E-state index is 13.7. The number of fused-ring (bicyclic) bond motifs is 1. The van der Waals surface area contributed by atoms with Gasteiger partial charge < -0.3 is 25.4 Å². The Morgan fingerprint density at radius 1 is 0.925 bits per heavy atom. The Labute approximate surface area is 241 Å². The lowest BCUT2D eigenvalue weighted by Gasteiger charge is -2.28. The summed E-state index contributed by atoms with van der Waals surface area (Å²) < 4.78 is 10.7. The van der Waals surface area contributed by atoms with E-state index in [9.17, 15) is 9.59 Å². The molecule has 0 aromatic heterocycles. The Kier molecular flexibility index (Phi) is 8.14. The van der Waals surface area contributed by atoms with Gasteiger partial charge in [0.15, 0.2) is 0 Å². The molecule has 0 saturated carbocycles. The van der Waals surface area contributed by atoms with E-state index in [-0.39, 0.29) is 5.91 Å². The van der Waals surface area contributed by atoms with Crippen LogP contribution < -0.4 is 25.4 Å². The Bertz CT molecular complexity index is 1550. The third kappa shape index (κ3) is 5.57. The van der Waals surface area contributed by atoms with Crippen molar-refractivity contribution in [3.8, 4) is 11.5 Å². The third-order valence-electron chi connectivity index (χ3n) is 6.54. The molecule has 8 nitrogen and oxygen atoms in total. The monoisotopic (exact) mass is 574 g/mol. The van der Waals surface area contributed by atoms with Gasteiger partial charge in [-0.3, -0.25) is 4.79 Å². The number of urea groups is 1. The van der Waals surface area contributed by atoms with Crippen LogP contribution in [0.3, 0.4) is 0 Å². The first-order chi connectivity index (χ1) is 19.4. The van der Waals surface area contributed by atoms with Crippen LogP contribution in [0.5, 0.6) is 11.5 Å². The van der Waals surface area contributed by atoms with Crippen LogP contribution in [0.4, 0.5) is 16.2 Å². The molecule has 3 amide bonds. The number of carbonyl (C=O) groups is 2. The van der Waals surface area contributed by atoms with Crippen molar-refractivity contribution in [2.45, 2.75) is 12.8 Å². The molecule has 1 atom stereocenters. The molecule has 2 heterocycles. The minimum atomic E-state index is -0.472. The van der Waals surface area contributed by atoms with E-state index in [1.54, 1.807) is 12.1 Å². The number of carbonyl (C=O) groups excluding carboxylic acids is 2. The second-order valence-corrected chi connectivity index (χ2v) is 10.4. The molecule has 3 aromatic carbocycles. The number of aliphatic imine (C=N–C) groups is 1. The van der Waals surface area contributed by atoms with Gasteiger partial charge in [-0.2, -0.15) is 0 Å². The fraction of sp³-hybridized carbons (Fsp3) is 0.167. The van der Waals surface area contributed by atoms with Crippen molar-refractivity contribution in [2.75, 3.05) is 30.6 Å². The summed E-state index contributed by atoms with van der Waals surface area (Å²) in [5.74, 6) is 0.614. The fourth-order valence-electron chi connectivity index (χ4n) is 4.73. The average molecular weight is 575 g/mol. The minimum Gasteiger partial charge on any atom is -0.495 e. The molecule has 0 saturated heterocycles. The van der Waals surface area contributed by atoms with E-state index >= 15 is 0 Å². The zero-order valence-electron chi connectivity index (χ0n) is 22.1. The van der Waals surface area contributed by atoms with Crippen molar-refractivity contribution in [2.24, 2.45) is 4.99 Å². The maximum atomic E-state index is 13.7. The van der Waals surface area contributed by atoms with E-state index < -0.39 is 11.9 Å². The summed E-state index contributed by atoms with van der Waals surface area (Å²) in [6.45, 7) is 1.85. The van der Waals surface area contributed by atoms with Gasteiger partial charge in [0, 0.05) is 46.5 Å². The Hall–Kier alpha value is -4.21. The highest BCUT2D eigenvalue weighted by atomic mass is 35.5. The van der Waals surface area contributed by atoms with Gasteiger partial charge in [0.25, 0.3) is 5.91 Å². The predicted octanol–water partition coefficient (Wildman–Crippen LogP) is 6.59. The van der Waals surface area contributed by atoms with Crippen molar-refractivity contribution in [1.29, 1.82) is 0 Å². The SMILES string of the molecule is COc1cc(NC(=O)NC2=C3C(=NC(C)=C(C(=O)Nc4ccccc4)C3c3ccccc3)SC2)c(OC)cc1Cl. The van der Waals surface area contributed by atoms with Crippen molar-refractivity contribution >= 4 is 51.7 Å². The molecule has 2 aliphatic heterocycles. The normalized spacial score (nSPS) is 16.2. The van der Waals surface area contributed by atoms with Crippen LogP contribution in [0.15, 0.2) is 100 Å². The molecule has 0 fully saturated rings. The number of amides is 3. The Morgan fingerprint density at radius 3 is 2.27 bits per heavy atom. The van der Waals surface area contributed by atoms with Gasteiger partial charge >= 0.3 is 6.03 Å². The van der Waals surface area contributed by atoms with Gasteiger partial charge in [-0.05, 0) is 24.6 Å². The largest absolute Gasteiger partial charge is 0.495 e. The first-order valence-electron chi connectivity index (χ1n) is 12.5. The van der Waals surface area contributed by atoms with E-state index in [1.807, 2.05) is 67.6 Å². The molecule has 2 aliphatic rings. The molecule has 0 spiro atoms. The van der Waals surface area contributed by atoms with Crippen LogP contribution in [0, 0.1) is 0 Å².